The molecule has 0 aliphatic rings. The Kier molecular flexibility index (Phi) is 3.06. The number of imidazole rings is 1. The van der Waals surface area contributed by atoms with Crippen LogP contribution in [0, 0.1) is 0 Å². The van der Waals surface area contributed by atoms with Crippen LogP contribution in [0.5, 0.6) is 0 Å². The van der Waals surface area contributed by atoms with Gasteiger partial charge in [-0.2, -0.15) is 5.10 Å². The van der Waals surface area contributed by atoms with Gasteiger partial charge in [-0.3, -0.25) is 4.68 Å². The van der Waals surface area contributed by atoms with E-state index in [1.54, 1.807) is 0 Å². The van der Waals surface area contributed by atoms with Crippen molar-refractivity contribution in [2.24, 2.45) is 19.8 Å². The van der Waals surface area contributed by atoms with Crippen molar-refractivity contribution in [2.75, 3.05) is 0 Å². The van der Waals surface area contributed by atoms with Crippen LogP contribution in [0.3, 0.4) is 0 Å². The summed E-state index contributed by atoms with van der Waals surface area (Å²) in [5.41, 5.74) is 11.0. The van der Waals surface area contributed by atoms with E-state index in [0.29, 0.717) is 6.54 Å². The van der Waals surface area contributed by atoms with Crippen LogP contribution in [0.4, 0.5) is 0 Å². The van der Waals surface area contributed by atoms with Crippen molar-refractivity contribution in [1.29, 1.82) is 0 Å². The summed E-state index contributed by atoms with van der Waals surface area (Å²) in [6, 6.07) is 8.28. The zero-order chi connectivity index (χ0) is 14.3. The predicted molar refractivity (Wildman–Crippen MR) is 80.2 cm³/mol. The van der Waals surface area contributed by atoms with Crippen LogP contribution in [-0.2, 0) is 27.1 Å². The SMILES string of the molecule is CCc1cc(-c2nc3cc(CN)ccc3n2C)n(C)n1. The smallest absolute Gasteiger partial charge is 0.159 e. The molecule has 1 aromatic carbocycles. The monoisotopic (exact) mass is 269 g/mol. The summed E-state index contributed by atoms with van der Waals surface area (Å²) in [5.74, 6) is 0.934. The number of aromatic nitrogens is 4. The van der Waals surface area contributed by atoms with E-state index < -0.39 is 0 Å². The number of nitrogens with zero attached hydrogens (tertiary/aromatic N) is 4. The minimum absolute atomic E-state index is 0.535. The van der Waals surface area contributed by atoms with Gasteiger partial charge in [-0.1, -0.05) is 13.0 Å². The molecule has 0 fully saturated rings. The molecule has 2 heterocycles. The van der Waals surface area contributed by atoms with Crippen LogP contribution in [0.1, 0.15) is 18.2 Å². The largest absolute Gasteiger partial charge is 0.326 e. The Balaban J connectivity index is 2.20. The molecule has 0 amide bonds. The highest BCUT2D eigenvalue weighted by atomic mass is 15.3. The van der Waals surface area contributed by atoms with Crippen molar-refractivity contribution in [3.05, 3.63) is 35.5 Å². The maximum absolute atomic E-state index is 5.69. The second-order valence-electron chi connectivity index (χ2n) is 5.02. The van der Waals surface area contributed by atoms with Crippen molar-refractivity contribution in [2.45, 2.75) is 19.9 Å². The highest BCUT2D eigenvalue weighted by Gasteiger charge is 2.14. The van der Waals surface area contributed by atoms with E-state index in [1.807, 2.05) is 18.8 Å². The lowest BCUT2D eigenvalue weighted by Crippen LogP contribution is -1.99. The molecule has 20 heavy (non-hydrogen) atoms. The van der Waals surface area contributed by atoms with Crippen LogP contribution >= 0.6 is 0 Å². The summed E-state index contributed by atoms with van der Waals surface area (Å²) < 4.78 is 4.00. The first-order valence-electron chi connectivity index (χ1n) is 6.82. The van der Waals surface area contributed by atoms with Gasteiger partial charge in [-0.15, -0.1) is 0 Å². The van der Waals surface area contributed by atoms with E-state index in [4.69, 9.17) is 10.7 Å². The Bertz CT molecular complexity index is 766. The lowest BCUT2D eigenvalue weighted by molar-refractivity contribution is 0.744. The number of aryl methyl sites for hydroxylation is 3. The molecule has 0 saturated carbocycles. The van der Waals surface area contributed by atoms with Gasteiger partial charge in [0.25, 0.3) is 0 Å². The Morgan fingerprint density at radius 1 is 1.20 bits per heavy atom. The van der Waals surface area contributed by atoms with Crippen LogP contribution < -0.4 is 5.73 Å². The molecule has 5 heteroatoms. The standard InChI is InChI=1S/C15H19N5/c1-4-11-8-14(20(3)18-11)15-17-12-7-10(9-16)5-6-13(12)19(15)2/h5-8H,4,9,16H2,1-3H3. The fourth-order valence-corrected chi connectivity index (χ4v) is 2.51. The Morgan fingerprint density at radius 3 is 2.65 bits per heavy atom. The number of benzene rings is 1. The van der Waals surface area contributed by atoms with Crippen molar-refractivity contribution in [3.63, 3.8) is 0 Å². The molecule has 0 saturated heterocycles. The summed E-state index contributed by atoms with van der Waals surface area (Å²) in [4.78, 5) is 4.75. The quantitative estimate of drug-likeness (QED) is 0.791. The summed E-state index contributed by atoms with van der Waals surface area (Å²) in [5, 5.41) is 4.49. The highest BCUT2D eigenvalue weighted by molar-refractivity contribution is 5.80. The van der Waals surface area contributed by atoms with Gasteiger partial charge in [0.2, 0.25) is 0 Å². The molecular formula is C15H19N5. The van der Waals surface area contributed by atoms with Crippen LogP contribution in [0.2, 0.25) is 0 Å². The molecule has 0 bridgehead atoms. The Labute approximate surface area is 118 Å². The molecule has 0 radical (unpaired) electrons. The summed E-state index contributed by atoms with van der Waals surface area (Å²) in [7, 11) is 3.99. The third-order valence-corrected chi connectivity index (χ3v) is 3.70. The second kappa shape index (κ2) is 4.76. The van der Waals surface area contributed by atoms with Crippen molar-refractivity contribution < 1.29 is 0 Å². The van der Waals surface area contributed by atoms with Gasteiger partial charge in [0.1, 0.15) is 5.69 Å². The Morgan fingerprint density at radius 2 is 2.00 bits per heavy atom. The average Bonchev–Trinajstić information content (AvgIpc) is 2.99. The zero-order valence-corrected chi connectivity index (χ0v) is 12.1. The normalized spacial score (nSPS) is 11.4. The topological polar surface area (TPSA) is 61.7 Å². The first-order valence-corrected chi connectivity index (χ1v) is 6.82. The fourth-order valence-electron chi connectivity index (χ4n) is 2.51. The van der Waals surface area contributed by atoms with Gasteiger partial charge < -0.3 is 10.3 Å². The third-order valence-electron chi connectivity index (χ3n) is 3.70. The minimum atomic E-state index is 0.535. The lowest BCUT2D eigenvalue weighted by Gasteiger charge is -2.02. The van der Waals surface area contributed by atoms with Gasteiger partial charge in [-0.25, -0.2) is 4.98 Å². The van der Waals surface area contributed by atoms with E-state index >= 15 is 0 Å². The molecule has 104 valence electrons. The molecule has 5 nitrogen and oxygen atoms in total. The molecule has 3 aromatic rings. The van der Waals surface area contributed by atoms with Gasteiger partial charge in [-0.05, 0) is 30.2 Å². The fraction of sp³-hybridized carbons (Fsp3) is 0.333. The van der Waals surface area contributed by atoms with Crippen molar-refractivity contribution in [1.82, 2.24) is 19.3 Å². The number of fused-ring (bicyclic) bond motifs is 1. The maximum Gasteiger partial charge on any atom is 0.159 e. The lowest BCUT2D eigenvalue weighted by atomic mass is 10.2. The summed E-state index contributed by atoms with van der Waals surface area (Å²) in [6.45, 7) is 2.64. The first kappa shape index (κ1) is 12.9. The van der Waals surface area contributed by atoms with E-state index in [2.05, 4.69) is 40.9 Å². The van der Waals surface area contributed by atoms with Gasteiger partial charge in [0, 0.05) is 20.6 Å². The molecule has 0 spiro atoms. The summed E-state index contributed by atoms with van der Waals surface area (Å²) >= 11 is 0. The van der Waals surface area contributed by atoms with Gasteiger partial charge in [0.05, 0.1) is 16.7 Å². The number of hydrogen-bond donors (Lipinski definition) is 1. The average molecular weight is 269 g/mol. The zero-order valence-electron chi connectivity index (χ0n) is 12.1. The highest BCUT2D eigenvalue weighted by Crippen LogP contribution is 2.24. The molecule has 0 atom stereocenters. The molecule has 0 unspecified atom stereocenters. The van der Waals surface area contributed by atoms with E-state index in [1.165, 1.54) is 0 Å². The van der Waals surface area contributed by atoms with E-state index in [9.17, 15) is 0 Å². The van der Waals surface area contributed by atoms with E-state index in [-0.39, 0.29) is 0 Å². The first-order chi connectivity index (χ1) is 9.63. The van der Waals surface area contributed by atoms with Crippen molar-refractivity contribution >= 4 is 11.0 Å². The predicted octanol–water partition coefficient (Wildman–Crippen LogP) is 1.99. The van der Waals surface area contributed by atoms with Crippen LogP contribution in [0.15, 0.2) is 24.3 Å². The summed E-state index contributed by atoms with van der Waals surface area (Å²) in [6.07, 6.45) is 0.926. The second-order valence-corrected chi connectivity index (χ2v) is 5.02. The van der Waals surface area contributed by atoms with E-state index in [0.717, 1.165) is 40.2 Å². The molecule has 0 aliphatic heterocycles. The number of nitrogens with two attached hydrogens (primary N) is 1. The van der Waals surface area contributed by atoms with Crippen molar-refractivity contribution in [3.8, 4) is 11.5 Å². The number of hydrogen-bond acceptors (Lipinski definition) is 3. The van der Waals surface area contributed by atoms with Gasteiger partial charge >= 0.3 is 0 Å². The molecule has 2 aromatic heterocycles. The maximum atomic E-state index is 5.69. The molecule has 3 rings (SSSR count). The van der Waals surface area contributed by atoms with Gasteiger partial charge in [0.15, 0.2) is 5.82 Å². The number of rotatable bonds is 3. The van der Waals surface area contributed by atoms with Crippen LogP contribution in [-0.4, -0.2) is 19.3 Å². The van der Waals surface area contributed by atoms with Crippen LogP contribution in [0.25, 0.3) is 22.6 Å². The molecule has 0 aliphatic carbocycles. The molecular weight excluding hydrogens is 250 g/mol. The molecule has 2 N–H and O–H groups in total. The third kappa shape index (κ3) is 1.91. The Hall–Kier alpha value is -2.14. The minimum Gasteiger partial charge on any atom is -0.326 e.